The van der Waals surface area contributed by atoms with Gasteiger partial charge in [0.1, 0.15) is 23.1 Å². The van der Waals surface area contributed by atoms with Crippen molar-refractivity contribution in [3.8, 4) is 5.75 Å². The Morgan fingerprint density at radius 2 is 1.63 bits per heavy atom. The number of carbonyl (C=O) groups is 3. The summed E-state index contributed by atoms with van der Waals surface area (Å²) in [6, 6.07) is 21.3. The van der Waals surface area contributed by atoms with Crippen molar-refractivity contribution in [3.05, 3.63) is 105 Å². The predicted molar refractivity (Wildman–Crippen MR) is 145 cm³/mol. The van der Waals surface area contributed by atoms with E-state index in [-0.39, 0.29) is 33.2 Å². The van der Waals surface area contributed by atoms with Crippen molar-refractivity contribution in [2.45, 2.75) is 32.8 Å². The van der Waals surface area contributed by atoms with Crippen molar-refractivity contribution in [2.24, 2.45) is 5.73 Å². The SMILES string of the molecule is COC(=O)c1c(NC(=O)c2ccc(COc3ccc(C(C)(C)c4ccccc4)cc3)o2)sc(C(N)=O)c1C. The molecule has 38 heavy (non-hydrogen) atoms. The van der Waals surface area contributed by atoms with Crippen LogP contribution in [0.5, 0.6) is 5.75 Å². The molecule has 0 aliphatic rings. The highest BCUT2D eigenvalue weighted by atomic mass is 32.1. The number of anilines is 1. The fourth-order valence-corrected chi connectivity index (χ4v) is 5.11. The van der Waals surface area contributed by atoms with Gasteiger partial charge in [-0.1, -0.05) is 56.3 Å². The maximum Gasteiger partial charge on any atom is 0.341 e. The van der Waals surface area contributed by atoms with E-state index in [1.165, 1.54) is 18.7 Å². The van der Waals surface area contributed by atoms with Crippen molar-refractivity contribution in [2.75, 3.05) is 12.4 Å². The average Bonchev–Trinajstić information content (AvgIpc) is 3.52. The summed E-state index contributed by atoms with van der Waals surface area (Å²) in [4.78, 5) is 36.9. The van der Waals surface area contributed by atoms with Crippen molar-refractivity contribution >= 4 is 34.1 Å². The summed E-state index contributed by atoms with van der Waals surface area (Å²) >= 11 is 0.903. The van der Waals surface area contributed by atoms with E-state index >= 15 is 0 Å². The zero-order chi connectivity index (χ0) is 27.4. The number of benzene rings is 2. The summed E-state index contributed by atoms with van der Waals surface area (Å²) in [5, 5.41) is 2.77. The number of primary amides is 1. The third kappa shape index (κ3) is 5.47. The van der Waals surface area contributed by atoms with Crippen LogP contribution in [0.4, 0.5) is 5.00 Å². The lowest BCUT2D eigenvalue weighted by Crippen LogP contribution is -2.18. The number of amides is 2. The molecular formula is C29H28N2O6S. The number of nitrogens with one attached hydrogen (secondary N) is 1. The zero-order valence-corrected chi connectivity index (χ0v) is 22.3. The molecule has 0 aliphatic heterocycles. The number of hydrogen-bond donors (Lipinski definition) is 2. The second-order valence-electron chi connectivity index (χ2n) is 9.14. The molecule has 4 rings (SSSR count). The van der Waals surface area contributed by atoms with Gasteiger partial charge in [-0.15, -0.1) is 11.3 Å². The van der Waals surface area contributed by atoms with Crippen molar-refractivity contribution in [1.29, 1.82) is 0 Å². The van der Waals surface area contributed by atoms with Gasteiger partial charge < -0.3 is 24.9 Å². The molecule has 196 valence electrons. The van der Waals surface area contributed by atoms with Gasteiger partial charge in [0.2, 0.25) is 0 Å². The molecule has 0 spiro atoms. The van der Waals surface area contributed by atoms with Crippen LogP contribution in [0.1, 0.15) is 66.9 Å². The third-order valence-corrected chi connectivity index (χ3v) is 7.55. The van der Waals surface area contributed by atoms with Gasteiger partial charge in [-0.25, -0.2) is 4.79 Å². The third-order valence-electron chi connectivity index (χ3n) is 6.33. The number of ether oxygens (including phenoxy) is 2. The molecule has 2 aromatic carbocycles. The molecule has 3 N–H and O–H groups in total. The Kier molecular flexibility index (Phi) is 7.68. The summed E-state index contributed by atoms with van der Waals surface area (Å²) in [6.45, 7) is 6.03. The lowest BCUT2D eigenvalue weighted by molar-refractivity contribution is 0.0601. The minimum Gasteiger partial charge on any atom is -0.486 e. The van der Waals surface area contributed by atoms with E-state index in [0.717, 1.165) is 16.9 Å². The summed E-state index contributed by atoms with van der Waals surface area (Å²) in [7, 11) is 1.21. The highest BCUT2D eigenvalue weighted by molar-refractivity contribution is 7.18. The van der Waals surface area contributed by atoms with E-state index in [1.54, 1.807) is 13.0 Å². The molecule has 0 radical (unpaired) electrons. The molecule has 2 heterocycles. The quantitative estimate of drug-likeness (QED) is 0.267. The smallest absolute Gasteiger partial charge is 0.341 e. The number of thiophene rings is 1. The van der Waals surface area contributed by atoms with Gasteiger partial charge in [0.25, 0.3) is 11.8 Å². The largest absolute Gasteiger partial charge is 0.486 e. The van der Waals surface area contributed by atoms with E-state index in [4.69, 9.17) is 19.6 Å². The Morgan fingerprint density at radius 1 is 0.974 bits per heavy atom. The summed E-state index contributed by atoms with van der Waals surface area (Å²) < 4.78 is 16.3. The fraction of sp³-hybridized carbons (Fsp3) is 0.207. The van der Waals surface area contributed by atoms with E-state index in [9.17, 15) is 14.4 Å². The van der Waals surface area contributed by atoms with Crippen LogP contribution in [0, 0.1) is 6.92 Å². The molecule has 0 bridgehead atoms. The predicted octanol–water partition coefficient (Wildman–Crippen LogP) is 5.69. The molecule has 8 nitrogen and oxygen atoms in total. The first-order valence-corrected chi connectivity index (χ1v) is 12.6. The normalized spacial score (nSPS) is 11.2. The Morgan fingerprint density at radius 3 is 2.26 bits per heavy atom. The maximum absolute atomic E-state index is 12.8. The van der Waals surface area contributed by atoms with Crippen molar-refractivity contribution in [3.63, 3.8) is 0 Å². The van der Waals surface area contributed by atoms with Gasteiger partial charge in [0, 0.05) is 5.41 Å². The second kappa shape index (κ2) is 10.9. The lowest BCUT2D eigenvalue weighted by atomic mass is 9.78. The second-order valence-corrected chi connectivity index (χ2v) is 10.2. The fourth-order valence-electron chi connectivity index (χ4n) is 4.07. The first-order valence-electron chi connectivity index (χ1n) is 11.8. The van der Waals surface area contributed by atoms with Crippen LogP contribution in [-0.2, 0) is 16.8 Å². The molecule has 2 amide bonds. The number of hydrogen-bond acceptors (Lipinski definition) is 7. The Hall–Kier alpha value is -4.37. The van der Waals surface area contributed by atoms with Gasteiger partial charge in [0.15, 0.2) is 5.76 Å². The van der Waals surface area contributed by atoms with Gasteiger partial charge >= 0.3 is 5.97 Å². The number of methoxy groups -OCH3 is 1. The first kappa shape index (κ1) is 26.7. The molecule has 0 saturated carbocycles. The Bertz CT molecular complexity index is 1470. The summed E-state index contributed by atoms with van der Waals surface area (Å²) in [6.07, 6.45) is 0. The molecule has 0 aliphatic carbocycles. The summed E-state index contributed by atoms with van der Waals surface area (Å²) in [5.41, 5.74) is 8.03. The topological polar surface area (TPSA) is 121 Å². The van der Waals surface area contributed by atoms with Crippen molar-refractivity contribution < 1.29 is 28.3 Å². The van der Waals surface area contributed by atoms with E-state index in [2.05, 4.69) is 31.3 Å². The van der Waals surface area contributed by atoms with E-state index < -0.39 is 17.8 Å². The van der Waals surface area contributed by atoms with E-state index in [1.807, 2.05) is 42.5 Å². The molecule has 0 fully saturated rings. The van der Waals surface area contributed by atoms with Crippen LogP contribution in [0.25, 0.3) is 0 Å². The van der Waals surface area contributed by atoms with Crippen LogP contribution in [0.2, 0.25) is 0 Å². The summed E-state index contributed by atoms with van der Waals surface area (Å²) in [5.74, 6) is -0.856. The number of furan rings is 1. The minimum atomic E-state index is -0.702. The molecule has 2 aromatic heterocycles. The standard InChI is InChI=1S/C29H28N2O6S/c1-17-23(28(34)35-4)27(38-24(17)25(30)32)31-26(33)22-15-14-21(37-22)16-36-20-12-10-19(11-13-20)29(2,3)18-8-6-5-7-9-18/h5-15H,16H2,1-4H3,(H2,30,32)(H,31,33). The number of carbonyl (C=O) groups excluding carboxylic acids is 3. The monoisotopic (exact) mass is 532 g/mol. The van der Waals surface area contributed by atoms with Crippen LogP contribution in [-0.4, -0.2) is 24.9 Å². The van der Waals surface area contributed by atoms with Crippen LogP contribution in [0.15, 0.2) is 71.1 Å². The molecule has 0 unspecified atom stereocenters. The first-order chi connectivity index (χ1) is 18.1. The average molecular weight is 533 g/mol. The minimum absolute atomic E-state index is 0.0195. The van der Waals surface area contributed by atoms with Gasteiger partial charge in [-0.05, 0) is 47.9 Å². The molecular weight excluding hydrogens is 504 g/mol. The maximum atomic E-state index is 12.8. The Balaban J connectivity index is 1.41. The molecule has 0 atom stereocenters. The number of nitrogens with two attached hydrogens (primary N) is 1. The highest BCUT2D eigenvalue weighted by Gasteiger charge is 2.26. The Labute approximate surface area is 224 Å². The van der Waals surface area contributed by atoms with Gasteiger partial charge in [0.05, 0.1) is 17.6 Å². The molecule has 0 saturated heterocycles. The van der Waals surface area contributed by atoms with E-state index in [0.29, 0.717) is 17.1 Å². The van der Waals surface area contributed by atoms with Gasteiger partial charge in [-0.2, -0.15) is 0 Å². The lowest BCUT2D eigenvalue weighted by Gasteiger charge is -2.26. The van der Waals surface area contributed by atoms with Gasteiger partial charge in [-0.3, -0.25) is 9.59 Å². The van der Waals surface area contributed by atoms with Crippen LogP contribution < -0.4 is 15.8 Å². The van der Waals surface area contributed by atoms with Crippen LogP contribution >= 0.6 is 11.3 Å². The molecule has 4 aromatic rings. The van der Waals surface area contributed by atoms with Crippen LogP contribution in [0.3, 0.4) is 0 Å². The number of rotatable bonds is 9. The zero-order valence-electron chi connectivity index (χ0n) is 21.5. The molecule has 9 heteroatoms. The highest BCUT2D eigenvalue weighted by Crippen LogP contribution is 2.34. The van der Waals surface area contributed by atoms with Crippen molar-refractivity contribution in [1.82, 2.24) is 0 Å². The number of esters is 1.